The second-order valence-corrected chi connectivity index (χ2v) is 4.94. The van der Waals surface area contributed by atoms with Crippen molar-refractivity contribution in [2.75, 3.05) is 25.1 Å². The molecule has 0 amide bonds. The number of aliphatic hydroxyl groups is 4. The van der Waals surface area contributed by atoms with Crippen molar-refractivity contribution in [1.82, 2.24) is 0 Å². The van der Waals surface area contributed by atoms with Crippen molar-refractivity contribution < 1.29 is 29.9 Å². The molecule has 1 aliphatic heterocycles. The summed E-state index contributed by atoms with van der Waals surface area (Å²) in [6.07, 6.45) is -4.07. The largest absolute Gasteiger partial charge is 0.494 e. The second kappa shape index (κ2) is 6.59. The molecular formula is C14H21NO6. The Morgan fingerprint density at radius 2 is 1.95 bits per heavy atom. The molecule has 1 saturated heterocycles. The molecule has 1 aliphatic rings. The number of hydrogen-bond donors (Lipinski definition) is 5. The quantitative estimate of drug-likeness (QED) is 0.489. The fraction of sp³-hybridized carbons (Fsp3) is 0.571. The summed E-state index contributed by atoms with van der Waals surface area (Å²) in [5.74, 6) is 0.696. The summed E-state index contributed by atoms with van der Waals surface area (Å²) in [4.78, 5) is 0. The van der Waals surface area contributed by atoms with Crippen LogP contribution in [0.15, 0.2) is 24.3 Å². The Kier molecular flexibility index (Phi) is 5.02. The fourth-order valence-corrected chi connectivity index (χ4v) is 2.24. The van der Waals surface area contributed by atoms with E-state index in [-0.39, 0.29) is 6.61 Å². The number of anilines is 1. The molecule has 1 heterocycles. The van der Waals surface area contributed by atoms with E-state index in [9.17, 15) is 20.4 Å². The third-order valence-corrected chi connectivity index (χ3v) is 3.46. The third-order valence-electron chi connectivity index (χ3n) is 3.46. The van der Waals surface area contributed by atoms with Crippen LogP contribution in [0.3, 0.4) is 0 Å². The molecule has 7 heteroatoms. The molecule has 21 heavy (non-hydrogen) atoms. The van der Waals surface area contributed by atoms with Gasteiger partial charge in [0.15, 0.2) is 5.72 Å². The van der Waals surface area contributed by atoms with Gasteiger partial charge in [-0.15, -0.1) is 0 Å². The predicted molar refractivity (Wildman–Crippen MR) is 75.0 cm³/mol. The third kappa shape index (κ3) is 3.28. The first-order valence-corrected chi connectivity index (χ1v) is 6.82. The summed E-state index contributed by atoms with van der Waals surface area (Å²) in [5.41, 5.74) is -0.985. The van der Waals surface area contributed by atoms with Gasteiger partial charge in [0, 0.05) is 5.69 Å². The van der Waals surface area contributed by atoms with Crippen molar-refractivity contribution in [3.05, 3.63) is 24.3 Å². The van der Waals surface area contributed by atoms with Gasteiger partial charge in [0.2, 0.25) is 0 Å². The van der Waals surface area contributed by atoms with Crippen LogP contribution in [-0.2, 0) is 4.74 Å². The predicted octanol–water partition coefficient (Wildman–Crippen LogP) is -0.701. The van der Waals surface area contributed by atoms with E-state index in [1.54, 1.807) is 24.3 Å². The van der Waals surface area contributed by atoms with Crippen molar-refractivity contribution in [1.29, 1.82) is 0 Å². The summed E-state index contributed by atoms with van der Waals surface area (Å²) in [5, 5.41) is 41.7. The minimum Gasteiger partial charge on any atom is -0.494 e. The summed E-state index contributed by atoms with van der Waals surface area (Å²) in [6.45, 7) is 1.68. The summed E-state index contributed by atoms with van der Waals surface area (Å²) in [7, 11) is 0. The number of aliphatic hydroxyl groups excluding tert-OH is 4. The van der Waals surface area contributed by atoms with Crippen LogP contribution in [0.4, 0.5) is 5.69 Å². The fourth-order valence-electron chi connectivity index (χ4n) is 2.24. The Balaban J connectivity index is 2.14. The van der Waals surface area contributed by atoms with Gasteiger partial charge >= 0.3 is 0 Å². The summed E-state index contributed by atoms with van der Waals surface area (Å²) in [6, 6.07) is 6.88. The van der Waals surface area contributed by atoms with E-state index in [0.717, 1.165) is 0 Å². The monoisotopic (exact) mass is 299 g/mol. The molecule has 2 rings (SSSR count). The lowest BCUT2D eigenvalue weighted by molar-refractivity contribution is -0.235. The van der Waals surface area contributed by atoms with Crippen molar-refractivity contribution in [2.45, 2.75) is 31.0 Å². The molecule has 1 aromatic rings. The Hall–Kier alpha value is -1.38. The van der Waals surface area contributed by atoms with E-state index in [2.05, 4.69) is 5.32 Å². The van der Waals surface area contributed by atoms with Gasteiger partial charge in [-0.3, -0.25) is 0 Å². The number of ether oxygens (including phenoxy) is 2. The minimum absolute atomic E-state index is 0.192. The van der Waals surface area contributed by atoms with E-state index in [1.165, 1.54) is 0 Å². The summed E-state index contributed by atoms with van der Waals surface area (Å²) < 4.78 is 10.7. The molecule has 1 unspecified atom stereocenters. The molecule has 0 bridgehead atoms. The highest BCUT2D eigenvalue weighted by atomic mass is 16.6. The smallest absolute Gasteiger partial charge is 0.190 e. The number of benzene rings is 1. The summed E-state index contributed by atoms with van der Waals surface area (Å²) >= 11 is 0. The topological polar surface area (TPSA) is 111 Å². The SMILES string of the molecule is CCOc1ccc(NC2(CO)OC[C@@H](O)[C@@H](O)[C@@H]2O)cc1. The van der Waals surface area contributed by atoms with Gasteiger partial charge in [0.1, 0.15) is 24.1 Å². The average molecular weight is 299 g/mol. The number of nitrogens with one attached hydrogen (secondary N) is 1. The van der Waals surface area contributed by atoms with Crippen LogP contribution >= 0.6 is 0 Å². The maximum atomic E-state index is 10.1. The molecule has 7 nitrogen and oxygen atoms in total. The van der Waals surface area contributed by atoms with E-state index >= 15 is 0 Å². The Morgan fingerprint density at radius 3 is 2.52 bits per heavy atom. The van der Waals surface area contributed by atoms with E-state index in [4.69, 9.17) is 9.47 Å². The standard InChI is InChI=1S/C14H21NO6/c1-2-20-10-5-3-9(4-6-10)15-14(8-16)13(19)12(18)11(17)7-21-14/h3-6,11-13,15-19H,2,7-8H2,1H3/t11-,12-,13+,14?/m1/s1. The second-order valence-electron chi connectivity index (χ2n) is 4.94. The molecule has 0 spiro atoms. The van der Waals surface area contributed by atoms with Gasteiger partial charge < -0.3 is 35.2 Å². The first-order valence-electron chi connectivity index (χ1n) is 6.82. The van der Waals surface area contributed by atoms with Crippen LogP contribution in [0.2, 0.25) is 0 Å². The van der Waals surface area contributed by atoms with Crippen LogP contribution < -0.4 is 10.1 Å². The van der Waals surface area contributed by atoms with Crippen molar-refractivity contribution in [3.63, 3.8) is 0 Å². The molecule has 0 saturated carbocycles. The Labute approximate surface area is 122 Å². The van der Waals surface area contributed by atoms with Gasteiger partial charge in [0.05, 0.1) is 19.8 Å². The molecule has 0 radical (unpaired) electrons. The zero-order valence-electron chi connectivity index (χ0n) is 11.8. The van der Waals surface area contributed by atoms with Crippen LogP contribution in [0, 0.1) is 0 Å². The molecule has 0 aromatic heterocycles. The van der Waals surface area contributed by atoms with E-state index in [1.807, 2.05) is 6.92 Å². The zero-order chi connectivity index (χ0) is 15.5. The van der Waals surface area contributed by atoms with Gasteiger partial charge in [-0.25, -0.2) is 0 Å². The van der Waals surface area contributed by atoms with Crippen LogP contribution in [-0.4, -0.2) is 64.3 Å². The van der Waals surface area contributed by atoms with Gasteiger partial charge in [-0.2, -0.15) is 0 Å². The van der Waals surface area contributed by atoms with Gasteiger partial charge in [-0.05, 0) is 31.2 Å². The molecule has 1 aromatic carbocycles. The lowest BCUT2D eigenvalue weighted by Gasteiger charge is -2.45. The maximum absolute atomic E-state index is 10.1. The van der Waals surface area contributed by atoms with Gasteiger partial charge in [0.25, 0.3) is 0 Å². The van der Waals surface area contributed by atoms with E-state index < -0.39 is 30.6 Å². The zero-order valence-corrected chi connectivity index (χ0v) is 11.8. The van der Waals surface area contributed by atoms with Crippen LogP contribution in [0.25, 0.3) is 0 Å². The molecule has 1 fully saturated rings. The molecular weight excluding hydrogens is 278 g/mol. The Bertz CT molecular complexity index is 453. The normalized spacial score (nSPS) is 32.7. The highest BCUT2D eigenvalue weighted by Crippen LogP contribution is 2.28. The molecule has 4 atom stereocenters. The lowest BCUT2D eigenvalue weighted by Crippen LogP contribution is -2.66. The van der Waals surface area contributed by atoms with Crippen molar-refractivity contribution in [3.8, 4) is 5.75 Å². The number of rotatable bonds is 5. The minimum atomic E-state index is -1.56. The first kappa shape index (κ1) is 16.0. The first-order chi connectivity index (χ1) is 10.0. The number of hydrogen-bond acceptors (Lipinski definition) is 7. The molecule has 5 N–H and O–H groups in total. The van der Waals surface area contributed by atoms with Crippen LogP contribution in [0.5, 0.6) is 5.75 Å². The van der Waals surface area contributed by atoms with E-state index in [0.29, 0.717) is 18.0 Å². The molecule has 118 valence electrons. The highest BCUT2D eigenvalue weighted by Gasteiger charge is 2.49. The van der Waals surface area contributed by atoms with Crippen LogP contribution in [0.1, 0.15) is 6.92 Å². The lowest BCUT2D eigenvalue weighted by atomic mass is 9.94. The Morgan fingerprint density at radius 1 is 1.29 bits per heavy atom. The molecule has 0 aliphatic carbocycles. The van der Waals surface area contributed by atoms with Crippen molar-refractivity contribution in [2.24, 2.45) is 0 Å². The maximum Gasteiger partial charge on any atom is 0.190 e. The average Bonchev–Trinajstić information content (AvgIpc) is 2.50. The van der Waals surface area contributed by atoms with Crippen molar-refractivity contribution >= 4 is 5.69 Å². The van der Waals surface area contributed by atoms with Gasteiger partial charge in [-0.1, -0.05) is 0 Å². The highest BCUT2D eigenvalue weighted by molar-refractivity contribution is 5.48.